The number of amides is 1. The van der Waals surface area contributed by atoms with Crippen LogP contribution in [-0.4, -0.2) is 39.3 Å². The van der Waals surface area contributed by atoms with Crippen molar-refractivity contribution in [1.29, 1.82) is 0 Å². The number of carbonyl (C=O) groups excluding carboxylic acids is 2. The first kappa shape index (κ1) is 19.2. The van der Waals surface area contributed by atoms with Crippen LogP contribution in [0.1, 0.15) is 22.3 Å². The van der Waals surface area contributed by atoms with Gasteiger partial charge in [-0.1, -0.05) is 11.8 Å². The summed E-state index contributed by atoms with van der Waals surface area (Å²) in [5, 5.41) is 12.0. The predicted molar refractivity (Wildman–Crippen MR) is 111 cm³/mol. The smallest absolute Gasteiger partial charge is 0.224 e. The number of Topliss-reactive ketones (excluding diaryl/α,β-unsaturated/α-hetero) is 1. The van der Waals surface area contributed by atoms with Gasteiger partial charge in [0.2, 0.25) is 5.91 Å². The molecule has 4 rings (SSSR count). The number of carbonyl (C=O) groups is 2. The molecule has 0 aliphatic carbocycles. The Hall–Kier alpha value is -3.13. The molecule has 148 valence electrons. The van der Waals surface area contributed by atoms with E-state index in [0.717, 1.165) is 28.4 Å². The Balaban J connectivity index is 1.44. The van der Waals surface area contributed by atoms with Crippen LogP contribution in [0, 0.1) is 0 Å². The number of aromatic nitrogens is 3. The van der Waals surface area contributed by atoms with Gasteiger partial charge < -0.3 is 14.6 Å². The summed E-state index contributed by atoms with van der Waals surface area (Å²) >= 11 is 1.36. The molecule has 0 fully saturated rings. The second-order valence-corrected chi connectivity index (χ2v) is 7.67. The highest BCUT2D eigenvalue weighted by Crippen LogP contribution is 2.27. The van der Waals surface area contributed by atoms with Gasteiger partial charge in [0.25, 0.3) is 0 Å². The van der Waals surface area contributed by atoms with E-state index in [4.69, 9.17) is 4.74 Å². The van der Waals surface area contributed by atoms with Gasteiger partial charge in [0, 0.05) is 30.3 Å². The van der Waals surface area contributed by atoms with Gasteiger partial charge >= 0.3 is 0 Å². The number of ether oxygens (including phenoxy) is 1. The Kier molecular flexibility index (Phi) is 5.35. The number of hydrogen-bond donors (Lipinski definition) is 1. The van der Waals surface area contributed by atoms with Crippen molar-refractivity contribution in [1.82, 2.24) is 14.8 Å². The molecule has 8 heteroatoms. The van der Waals surface area contributed by atoms with Gasteiger partial charge in [-0.15, -0.1) is 10.2 Å². The molecule has 0 unspecified atom stereocenters. The lowest BCUT2D eigenvalue weighted by molar-refractivity contribution is -0.116. The molecule has 1 amide bonds. The monoisotopic (exact) mass is 408 g/mol. The number of ketones is 1. The summed E-state index contributed by atoms with van der Waals surface area (Å²) in [6.07, 6.45) is 1.11. The van der Waals surface area contributed by atoms with Crippen LogP contribution in [0.5, 0.6) is 5.75 Å². The van der Waals surface area contributed by atoms with Crippen molar-refractivity contribution >= 4 is 29.1 Å². The van der Waals surface area contributed by atoms with Crippen LogP contribution < -0.4 is 10.1 Å². The molecule has 0 atom stereocenters. The van der Waals surface area contributed by atoms with E-state index in [-0.39, 0.29) is 17.4 Å². The maximum Gasteiger partial charge on any atom is 0.224 e. The minimum atomic E-state index is 0.0158. The molecular formula is C21H20N4O3S. The summed E-state index contributed by atoms with van der Waals surface area (Å²) in [5.41, 5.74) is 3.37. The molecule has 0 spiro atoms. The maximum absolute atomic E-state index is 12.6. The van der Waals surface area contributed by atoms with Crippen molar-refractivity contribution in [2.45, 2.75) is 18.0 Å². The molecule has 1 aromatic heterocycles. The molecule has 0 saturated heterocycles. The number of nitrogens with one attached hydrogen (secondary N) is 1. The van der Waals surface area contributed by atoms with E-state index in [0.29, 0.717) is 23.6 Å². The van der Waals surface area contributed by atoms with Crippen molar-refractivity contribution in [3.8, 4) is 17.1 Å². The zero-order chi connectivity index (χ0) is 20.4. The van der Waals surface area contributed by atoms with Crippen LogP contribution in [0.3, 0.4) is 0 Å². The van der Waals surface area contributed by atoms with Crippen LogP contribution in [0.4, 0.5) is 5.69 Å². The number of nitrogens with zero attached hydrogens (tertiary/aromatic N) is 3. The van der Waals surface area contributed by atoms with Crippen molar-refractivity contribution in [2.75, 3.05) is 18.2 Å². The van der Waals surface area contributed by atoms with Gasteiger partial charge in [0.05, 0.1) is 12.9 Å². The van der Waals surface area contributed by atoms with Gasteiger partial charge in [-0.25, -0.2) is 0 Å². The minimum absolute atomic E-state index is 0.0158. The van der Waals surface area contributed by atoms with Gasteiger partial charge in [0.15, 0.2) is 16.8 Å². The Morgan fingerprint density at radius 3 is 2.72 bits per heavy atom. The average Bonchev–Trinajstić information content (AvgIpc) is 3.12. The molecule has 0 saturated carbocycles. The second-order valence-electron chi connectivity index (χ2n) is 6.73. The number of fused-ring (bicyclic) bond motifs is 1. The zero-order valence-corrected chi connectivity index (χ0v) is 17.0. The van der Waals surface area contributed by atoms with E-state index >= 15 is 0 Å². The Morgan fingerprint density at radius 1 is 1.17 bits per heavy atom. The largest absolute Gasteiger partial charge is 0.497 e. The van der Waals surface area contributed by atoms with E-state index in [9.17, 15) is 9.59 Å². The molecule has 2 aromatic carbocycles. The molecule has 2 heterocycles. The number of hydrogen-bond acceptors (Lipinski definition) is 6. The van der Waals surface area contributed by atoms with E-state index < -0.39 is 0 Å². The highest BCUT2D eigenvalue weighted by molar-refractivity contribution is 7.99. The van der Waals surface area contributed by atoms with E-state index in [1.165, 1.54) is 11.8 Å². The Labute approximate surface area is 172 Å². The summed E-state index contributed by atoms with van der Waals surface area (Å²) in [6.45, 7) is 0. The van der Waals surface area contributed by atoms with Crippen molar-refractivity contribution in [2.24, 2.45) is 7.05 Å². The molecule has 0 radical (unpaired) electrons. The summed E-state index contributed by atoms with van der Waals surface area (Å²) in [4.78, 5) is 24.1. The molecule has 29 heavy (non-hydrogen) atoms. The van der Waals surface area contributed by atoms with Crippen LogP contribution in [-0.2, 0) is 18.3 Å². The third-order valence-corrected chi connectivity index (χ3v) is 5.86. The quantitative estimate of drug-likeness (QED) is 0.497. The fourth-order valence-electron chi connectivity index (χ4n) is 3.20. The van der Waals surface area contributed by atoms with E-state index in [2.05, 4.69) is 15.5 Å². The summed E-state index contributed by atoms with van der Waals surface area (Å²) in [6, 6.07) is 13.0. The SMILES string of the molecule is COc1ccc(-c2nnc(SCC(=O)c3ccc4c(c3)CCC(=O)N4)n2C)cc1. The number of aryl methyl sites for hydroxylation is 1. The van der Waals surface area contributed by atoms with E-state index in [1.54, 1.807) is 19.2 Å². The highest BCUT2D eigenvalue weighted by atomic mass is 32.2. The maximum atomic E-state index is 12.6. The van der Waals surface area contributed by atoms with Gasteiger partial charge in [-0.3, -0.25) is 9.59 Å². The van der Waals surface area contributed by atoms with Crippen molar-refractivity contribution in [3.63, 3.8) is 0 Å². The molecule has 1 aliphatic heterocycles. The minimum Gasteiger partial charge on any atom is -0.497 e. The number of benzene rings is 2. The van der Waals surface area contributed by atoms with Crippen LogP contribution in [0.15, 0.2) is 47.6 Å². The summed E-state index contributed by atoms with van der Waals surface area (Å²) in [7, 11) is 3.51. The fourth-order valence-corrected chi connectivity index (χ4v) is 4.01. The standard InChI is InChI=1S/C21H20N4O3S/c1-25-20(13-3-7-16(28-2)8-4-13)23-24-21(25)29-12-18(26)15-5-9-17-14(11-15)6-10-19(27)22-17/h3-5,7-9,11H,6,10,12H2,1-2H3,(H,22,27). The average molecular weight is 408 g/mol. The lowest BCUT2D eigenvalue weighted by atomic mass is 9.99. The molecule has 3 aromatic rings. The number of thioether (sulfide) groups is 1. The number of anilines is 1. The van der Waals surface area contributed by atoms with E-state index in [1.807, 2.05) is 41.9 Å². The topological polar surface area (TPSA) is 86.1 Å². The van der Waals surface area contributed by atoms with Crippen LogP contribution in [0.25, 0.3) is 11.4 Å². The first-order chi connectivity index (χ1) is 14.0. The van der Waals surface area contributed by atoms with Crippen molar-refractivity contribution in [3.05, 3.63) is 53.6 Å². The lowest BCUT2D eigenvalue weighted by Crippen LogP contribution is -2.19. The third-order valence-electron chi connectivity index (χ3n) is 4.84. The van der Waals surface area contributed by atoms with Gasteiger partial charge in [-0.2, -0.15) is 0 Å². The normalized spacial score (nSPS) is 13.0. The molecule has 1 N–H and O–H groups in total. The fraction of sp³-hybridized carbons (Fsp3) is 0.238. The molecule has 7 nitrogen and oxygen atoms in total. The first-order valence-electron chi connectivity index (χ1n) is 9.18. The van der Waals surface area contributed by atoms with Crippen molar-refractivity contribution < 1.29 is 14.3 Å². The Morgan fingerprint density at radius 2 is 1.97 bits per heavy atom. The zero-order valence-electron chi connectivity index (χ0n) is 16.1. The third kappa shape index (κ3) is 4.02. The summed E-state index contributed by atoms with van der Waals surface area (Å²) < 4.78 is 7.06. The predicted octanol–water partition coefficient (Wildman–Crippen LogP) is 3.35. The first-order valence-corrected chi connectivity index (χ1v) is 10.2. The van der Waals surface area contributed by atoms with Crippen LogP contribution in [0.2, 0.25) is 0 Å². The highest BCUT2D eigenvalue weighted by Gasteiger charge is 2.18. The molecule has 0 bridgehead atoms. The Bertz CT molecular complexity index is 1080. The van der Waals surface area contributed by atoms with Crippen LogP contribution >= 0.6 is 11.8 Å². The number of rotatable bonds is 6. The lowest BCUT2D eigenvalue weighted by Gasteiger charge is -2.17. The number of methoxy groups -OCH3 is 1. The van der Waals surface area contributed by atoms with Gasteiger partial charge in [-0.05, 0) is 54.4 Å². The molecule has 1 aliphatic rings. The second kappa shape index (κ2) is 8.08. The summed E-state index contributed by atoms with van der Waals surface area (Å²) in [5.74, 6) is 1.80. The molecular weight excluding hydrogens is 388 g/mol. The van der Waals surface area contributed by atoms with Gasteiger partial charge in [0.1, 0.15) is 5.75 Å².